The third-order valence-electron chi connectivity index (χ3n) is 3.86. The summed E-state index contributed by atoms with van der Waals surface area (Å²) in [5.41, 5.74) is -1.44. The number of carboxylic acids is 1. The molecule has 1 rings (SSSR count). The number of hydrogen-bond acceptors (Lipinski definition) is 4. The normalized spacial score (nSPS) is 18.5. The Bertz CT molecular complexity index is 354. The molecule has 0 aromatic heterocycles. The SMILES string of the molecule is CN(CCNC(=O)NCC(C)(O)CC(=O)O)C1CCCC1. The van der Waals surface area contributed by atoms with E-state index in [0.717, 1.165) is 6.54 Å². The van der Waals surface area contributed by atoms with E-state index in [1.54, 1.807) is 0 Å². The average Bonchev–Trinajstić information content (AvgIpc) is 2.88. The third-order valence-corrected chi connectivity index (χ3v) is 3.86. The van der Waals surface area contributed by atoms with Gasteiger partial charge in [-0.05, 0) is 26.8 Å². The van der Waals surface area contributed by atoms with Gasteiger partial charge in [0, 0.05) is 25.7 Å². The van der Waals surface area contributed by atoms with E-state index in [0.29, 0.717) is 12.6 Å². The van der Waals surface area contributed by atoms with Gasteiger partial charge in [0.15, 0.2) is 0 Å². The average molecular weight is 301 g/mol. The highest BCUT2D eigenvalue weighted by atomic mass is 16.4. The Hall–Kier alpha value is -1.34. The molecule has 4 N–H and O–H groups in total. The summed E-state index contributed by atoms with van der Waals surface area (Å²) in [5.74, 6) is -1.10. The molecule has 1 unspecified atom stereocenters. The molecule has 0 heterocycles. The molecule has 7 heteroatoms. The van der Waals surface area contributed by atoms with Crippen molar-refractivity contribution in [3.63, 3.8) is 0 Å². The maximum atomic E-state index is 11.6. The van der Waals surface area contributed by atoms with E-state index in [1.807, 2.05) is 0 Å². The minimum Gasteiger partial charge on any atom is -0.481 e. The fourth-order valence-corrected chi connectivity index (χ4v) is 2.59. The van der Waals surface area contributed by atoms with Crippen molar-refractivity contribution < 1.29 is 19.8 Å². The number of amides is 2. The van der Waals surface area contributed by atoms with Crippen LogP contribution in [0, 0.1) is 0 Å². The van der Waals surface area contributed by atoms with Gasteiger partial charge in [0.2, 0.25) is 0 Å². The lowest BCUT2D eigenvalue weighted by molar-refractivity contribution is -0.141. The number of aliphatic hydroxyl groups is 1. The van der Waals surface area contributed by atoms with Crippen molar-refractivity contribution in [2.24, 2.45) is 0 Å². The Morgan fingerprint density at radius 2 is 1.90 bits per heavy atom. The number of carbonyl (C=O) groups is 2. The quantitative estimate of drug-likeness (QED) is 0.519. The molecule has 7 nitrogen and oxygen atoms in total. The molecule has 0 aromatic carbocycles. The highest BCUT2D eigenvalue weighted by Crippen LogP contribution is 2.21. The van der Waals surface area contributed by atoms with Crippen LogP contribution in [0.25, 0.3) is 0 Å². The maximum Gasteiger partial charge on any atom is 0.314 e. The molecule has 0 bridgehead atoms. The number of carboxylic acid groups (broad SMARTS) is 1. The van der Waals surface area contributed by atoms with Crippen LogP contribution in [-0.2, 0) is 4.79 Å². The van der Waals surface area contributed by atoms with Gasteiger partial charge < -0.3 is 25.7 Å². The van der Waals surface area contributed by atoms with Gasteiger partial charge in [-0.3, -0.25) is 4.79 Å². The number of nitrogens with zero attached hydrogens (tertiary/aromatic N) is 1. The largest absolute Gasteiger partial charge is 0.481 e. The molecule has 0 radical (unpaired) electrons. The second-order valence-electron chi connectivity index (χ2n) is 6.10. The van der Waals surface area contributed by atoms with E-state index in [2.05, 4.69) is 22.6 Å². The molecule has 1 aliphatic carbocycles. The predicted octanol–water partition coefficient (Wildman–Crippen LogP) is 0.386. The van der Waals surface area contributed by atoms with Gasteiger partial charge in [-0.25, -0.2) is 4.79 Å². The van der Waals surface area contributed by atoms with Crippen molar-refractivity contribution in [2.45, 2.75) is 50.7 Å². The Labute approximate surface area is 125 Å². The van der Waals surface area contributed by atoms with Crippen LogP contribution >= 0.6 is 0 Å². The summed E-state index contributed by atoms with van der Waals surface area (Å²) in [7, 11) is 2.06. The number of rotatable bonds is 8. The van der Waals surface area contributed by atoms with E-state index in [4.69, 9.17) is 5.11 Å². The lowest BCUT2D eigenvalue weighted by atomic mass is 10.0. The molecule has 0 saturated heterocycles. The minimum atomic E-state index is -1.44. The number of aliphatic carboxylic acids is 1. The lowest BCUT2D eigenvalue weighted by Gasteiger charge is -2.24. The molecule has 21 heavy (non-hydrogen) atoms. The molecule has 0 spiro atoms. The summed E-state index contributed by atoms with van der Waals surface area (Å²) in [6, 6.07) is 0.228. The summed E-state index contributed by atoms with van der Waals surface area (Å²) in [6.45, 7) is 2.60. The van der Waals surface area contributed by atoms with Gasteiger partial charge in [0.05, 0.1) is 12.0 Å². The highest BCUT2D eigenvalue weighted by molar-refractivity contribution is 5.74. The molecule has 2 amide bonds. The zero-order chi connectivity index (χ0) is 15.9. The van der Waals surface area contributed by atoms with Crippen LogP contribution in [-0.4, -0.2) is 65.4 Å². The van der Waals surface area contributed by atoms with Crippen molar-refractivity contribution in [3.8, 4) is 0 Å². The van der Waals surface area contributed by atoms with Crippen LogP contribution in [0.3, 0.4) is 0 Å². The number of likely N-dealkylation sites (N-methyl/N-ethyl adjacent to an activating group) is 1. The first-order valence-electron chi connectivity index (χ1n) is 7.46. The Kier molecular flexibility index (Phi) is 6.91. The number of carbonyl (C=O) groups excluding carboxylic acids is 1. The predicted molar refractivity (Wildman–Crippen MR) is 79.2 cm³/mol. The Balaban J connectivity index is 2.14. The number of nitrogens with one attached hydrogen (secondary N) is 2. The van der Waals surface area contributed by atoms with E-state index in [9.17, 15) is 14.7 Å². The summed E-state index contributed by atoms with van der Waals surface area (Å²) in [6.07, 6.45) is 4.60. The van der Waals surface area contributed by atoms with E-state index < -0.39 is 18.0 Å². The highest BCUT2D eigenvalue weighted by Gasteiger charge is 2.24. The van der Waals surface area contributed by atoms with Crippen molar-refractivity contribution in [1.82, 2.24) is 15.5 Å². The van der Waals surface area contributed by atoms with E-state index >= 15 is 0 Å². The molecule has 122 valence electrons. The van der Waals surface area contributed by atoms with Crippen LogP contribution in [0.15, 0.2) is 0 Å². The maximum absolute atomic E-state index is 11.6. The Morgan fingerprint density at radius 1 is 1.29 bits per heavy atom. The van der Waals surface area contributed by atoms with Gasteiger partial charge in [-0.2, -0.15) is 0 Å². The molecule has 1 fully saturated rings. The molecule has 1 saturated carbocycles. The van der Waals surface area contributed by atoms with Crippen LogP contribution < -0.4 is 10.6 Å². The van der Waals surface area contributed by atoms with Crippen LogP contribution in [0.4, 0.5) is 4.79 Å². The molecule has 1 atom stereocenters. The fraction of sp³-hybridized carbons (Fsp3) is 0.857. The number of hydrogen-bond donors (Lipinski definition) is 4. The van der Waals surface area contributed by atoms with Crippen molar-refractivity contribution >= 4 is 12.0 Å². The standard InChI is InChI=1S/C14H27N3O4/c1-14(21,9-12(18)19)10-16-13(20)15-7-8-17(2)11-5-3-4-6-11/h11,21H,3-10H2,1-2H3,(H,18,19)(H2,15,16,20). The zero-order valence-electron chi connectivity index (χ0n) is 12.9. The lowest BCUT2D eigenvalue weighted by Crippen LogP contribution is -2.47. The smallest absolute Gasteiger partial charge is 0.314 e. The van der Waals surface area contributed by atoms with Crippen LogP contribution in [0.2, 0.25) is 0 Å². The first kappa shape index (κ1) is 17.7. The molecule has 1 aliphatic rings. The topological polar surface area (TPSA) is 102 Å². The second-order valence-corrected chi connectivity index (χ2v) is 6.10. The van der Waals surface area contributed by atoms with Crippen molar-refractivity contribution in [2.75, 3.05) is 26.7 Å². The zero-order valence-corrected chi connectivity index (χ0v) is 12.9. The number of urea groups is 1. The molecule has 0 aromatic rings. The van der Waals surface area contributed by atoms with Crippen LogP contribution in [0.5, 0.6) is 0 Å². The van der Waals surface area contributed by atoms with Gasteiger partial charge in [-0.15, -0.1) is 0 Å². The van der Waals surface area contributed by atoms with Crippen LogP contribution in [0.1, 0.15) is 39.0 Å². The minimum absolute atomic E-state index is 0.0937. The van der Waals surface area contributed by atoms with E-state index in [1.165, 1.54) is 32.6 Å². The van der Waals surface area contributed by atoms with E-state index in [-0.39, 0.29) is 12.6 Å². The molecular formula is C14H27N3O4. The van der Waals surface area contributed by atoms with Crippen molar-refractivity contribution in [1.29, 1.82) is 0 Å². The molecular weight excluding hydrogens is 274 g/mol. The monoisotopic (exact) mass is 301 g/mol. The van der Waals surface area contributed by atoms with Gasteiger partial charge in [0.25, 0.3) is 0 Å². The fourth-order valence-electron chi connectivity index (χ4n) is 2.59. The Morgan fingerprint density at radius 3 is 2.48 bits per heavy atom. The third kappa shape index (κ3) is 7.29. The summed E-state index contributed by atoms with van der Waals surface area (Å²) >= 11 is 0. The second kappa shape index (κ2) is 8.19. The first-order valence-corrected chi connectivity index (χ1v) is 7.46. The summed E-state index contributed by atoms with van der Waals surface area (Å²) < 4.78 is 0. The van der Waals surface area contributed by atoms with Gasteiger partial charge in [-0.1, -0.05) is 12.8 Å². The first-order chi connectivity index (χ1) is 9.80. The van der Waals surface area contributed by atoms with Crippen molar-refractivity contribution in [3.05, 3.63) is 0 Å². The molecule has 0 aliphatic heterocycles. The summed E-state index contributed by atoms with van der Waals surface area (Å²) in [4.78, 5) is 24.4. The van der Waals surface area contributed by atoms with Gasteiger partial charge >= 0.3 is 12.0 Å². The summed E-state index contributed by atoms with van der Waals surface area (Å²) in [5, 5.41) is 23.6. The van der Waals surface area contributed by atoms with Gasteiger partial charge in [0.1, 0.15) is 0 Å².